The fourth-order valence-electron chi connectivity index (χ4n) is 3.35. The third-order valence-corrected chi connectivity index (χ3v) is 4.69. The van der Waals surface area contributed by atoms with Crippen molar-refractivity contribution in [3.63, 3.8) is 0 Å². The van der Waals surface area contributed by atoms with Crippen LogP contribution in [0.15, 0.2) is 55.1 Å². The first-order valence-corrected chi connectivity index (χ1v) is 8.95. The number of nitrogens with zero attached hydrogens (tertiary/aromatic N) is 2. The van der Waals surface area contributed by atoms with E-state index in [1.54, 1.807) is 0 Å². The van der Waals surface area contributed by atoms with Gasteiger partial charge < -0.3 is 9.64 Å². The first-order chi connectivity index (χ1) is 12.2. The van der Waals surface area contributed by atoms with Gasteiger partial charge in [-0.2, -0.15) is 0 Å². The highest BCUT2D eigenvalue weighted by atomic mass is 16.5. The maximum atomic E-state index is 12.8. The molecule has 0 N–H and O–H groups in total. The molecule has 2 aromatic carbocycles. The van der Waals surface area contributed by atoms with Crippen LogP contribution < -0.4 is 4.74 Å². The highest BCUT2D eigenvalue weighted by Gasteiger charge is 2.24. The van der Waals surface area contributed by atoms with Gasteiger partial charge in [0.25, 0.3) is 5.91 Å². The predicted molar refractivity (Wildman–Crippen MR) is 102 cm³/mol. The minimum Gasteiger partial charge on any atom is -0.480 e. The van der Waals surface area contributed by atoms with E-state index < -0.39 is 6.10 Å². The number of rotatable bonds is 5. The van der Waals surface area contributed by atoms with Gasteiger partial charge in [-0.3, -0.25) is 9.69 Å². The van der Waals surface area contributed by atoms with Crippen molar-refractivity contribution in [2.75, 3.05) is 32.7 Å². The predicted octanol–water partition coefficient (Wildman–Crippen LogP) is 3.33. The van der Waals surface area contributed by atoms with Crippen LogP contribution in [0, 0.1) is 0 Å². The number of hydrogen-bond acceptors (Lipinski definition) is 3. The van der Waals surface area contributed by atoms with Crippen molar-refractivity contribution in [1.29, 1.82) is 0 Å². The average molecular weight is 338 g/mol. The highest BCUT2D eigenvalue weighted by molar-refractivity contribution is 5.89. The molecule has 1 heterocycles. The SMILES string of the molecule is C=CCN1CCCN(C(=O)C(C)Oc2cccc3ccccc23)CC1. The number of fused-ring (bicyclic) bond motifs is 1. The Morgan fingerprint density at radius 2 is 1.96 bits per heavy atom. The molecule has 0 aromatic heterocycles. The number of hydrogen-bond donors (Lipinski definition) is 0. The second kappa shape index (κ2) is 8.17. The van der Waals surface area contributed by atoms with E-state index in [0.29, 0.717) is 0 Å². The fraction of sp³-hybridized carbons (Fsp3) is 0.381. The number of amides is 1. The van der Waals surface area contributed by atoms with Crippen molar-refractivity contribution in [2.45, 2.75) is 19.4 Å². The summed E-state index contributed by atoms with van der Waals surface area (Å²) in [4.78, 5) is 17.1. The van der Waals surface area contributed by atoms with Crippen LogP contribution in [-0.2, 0) is 4.79 Å². The summed E-state index contributed by atoms with van der Waals surface area (Å²) in [6.45, 7) is 9.95. The maximum Gasteiger partial charge on any atom is 0.263 e. The summed E-state index contributed by atoms with van der Waals surface area (Å²) in [6, 6.07) is 14.0. The van der Waals surface area contributed by atoms with Crippen molar-refractivity contribution in [1.82, 2.24) is 9.80 Å². The van der Waals surface area contributed by atoms with E-state index in [-0.39, 0.29) is 5.91 Å². The van der Waals surface area contributed by atoms with E-state index in [1.165, 1.54) is 0 Å². The first kappa shape index (κ1) is 17.5. The van der Waals surface area contributed by atoms with Gasteiger partial charge in [0.2, 0.25) is 0 Å². The second-order valence-corrected chi connectivity index (χ2v) is 6.51. The Bertz CT molecular complexity index is 738. The molecule has 0 saturated carbocycles. The molecule has 25 heavy (non-hydrogen) atoms. The number of benzene rings is 2. The first-order valence-electron chi connectivity index (χ1n) is 8.95. The van der Waals surface area contributed by atoms with E-state index in [0.717, 1.165) is 55.7 Å². The molecule has 3 rings (SSSR count). The number of ether oxygens (including phenoxy) is 1. The molecule has 1 aliphatic rings. The normalized spacial score (nSPS) is 17.1. The Morgan fingerprint density at radius 1 is 1.16 bits per heavy atom. The molecule has 1 atom stereocenters. The van der Waals surface area contributed by atoms with Crippen molar-refractivity contribution >= 4 is 16.7 Å². The topological polar surface area (TPSA) is 32.8 Å². The summed E-state index contributed by atoms with van der Waals surface area (Å²) >= 11 is 0. The van der Waals surface area contributed by atoms with Crippen LogP contribution in [0.1, 0.15) is 13.3 Å². The van der Waals surface area contributed by atoms with Gasteiger partial charge in [0.15, 0.2) is 6.10 Å². The van der Waals surface area contributed by atoms with Crippen LogP contribution in [0.3, 0.4) is 0 Å². The van der Waals surface area contributed by atoms with E-state index >= 15 is 0 Å². The molecular weight excluding hydrogens is 312 g/mol. The third-order valence-electron chi connectivity index (χ3n) is 4.69. The molecule has 4 heteroatoms. The summed E-state index contributed by atoms with van der Waals surface area (Å²) in [5.74, 6) is 0.829. The van der Waals surface area contributed by atoms with E-state index in [2.05, 4.69) is 23.6 Å². The lowest BCUT2D eigenvalue weighted by Gasteiger charge is -2.25. The highest BCUT2D eigenvalue weighted by Crippen LogP contribution is 2.26. The number of carbonyl (C=O) groups is 1. The lowest BCUT2D eigenvalue weighted by Crippen LogP contribution is -2.42. The smallest absolute Gasteiger partial charge is 0.263 e. The Morgan fingerprint density at radius 3 is 2.80 bits per heavy atom. The van der Waals surface area contributed by atoms with E-state index in [1.807, 2.05) is 48.2 Å². The molecule has 0 bridgehead atoms. The average Bonchev–Trinajstić information content (AvgIpc) is 2.87. The molecule has 0 spiro atoms. The molecule has 2 aromatic rings. The van der Waals surface area contributed by atoms with Crippen LogP contribution in [-0.4, -0.2) is 54.5 Å². The van der Waals surface area contributed by atoms with Crippen LogP contribution >= 0.6 is 0 Å². The summed E-state index contributed by atoms with van der Waals surface area (Å²) in [6.07, 6.45) is 2.42. The molecule has 1 unspecified atom stereocenters. The zero-order valence-corrected chi connectivity index (χ0v) is 14.9. The largest absolute Gasteiger partial charge is 0.480 e. The molecule has 1 aliphatic heterocycles. The molecule has 1 fully saturated rings. The summed E-state index contributed by atoms with van der Waals surface area (Å²) in [7, 11) is 0. The second-order valence-electron chi connectivity index (χ2n) is 6.51. The van der Waals surface area contributed by atoms with Crippen molar-refractivity contribution in [3.8, 4) is 5.75 Å². The van der Waals surface area contributed by atoms with Gasteiger partial charge in [-0.15, -0.1) is 6.58 Å². The van der Waals surface area contributed by atoms with E-state index in [4.69, 9.17) is 4.74 Å². The molecule has 1 amide bonds. The van der Waals surface area contributed by atoms with Gasteiger partial charge in [-0.05, 0) is 24.8 Å². The quantitative estimate of drug-likeness (QED) is 0.784. The Kier molecular flexibility index (Phi) is 5.71. The summed E-state index contributed by atoms with van der Waals surface area (Å²) < 4.78 is 6.04. The van der Waals surface area contributed by atoms with Gasteiger partial charge >= 0.3 is 0 Å². The van der Waals surface area contributed by atoms with Gasteiger partial charge in [-0.1, -0.05) is 42.5 Å². The Labute approximate surface area is 149 Å². The van der Waals surface area contributed by atoms with Crippen LogP contribution in [0.4, 0.5) is 0 Å². The third kappa shape index (κ3) is 4.20. The van der Waals surface area contributed by atoms with Gasteiger partial charge in [-0.25, -0.2) is 0 Å². The molecule has 132 valence electrons. The van der Waals surface area contributed by atoms with Gasteiger partial charge in [0.1, 0.15) is 5.75 Å². The maximum absolute atomic E-state index is 12.8. The van der Waals surface area contributed by atoms with Crippen LogP contribution in [0.25, 0.3) is 10.8 Å². The zero-order chi connectivity index (χ0) is 17.6. The monoisotopic (exact) mass is 338 g/mol. The summed E-state index contributed by atoms with van der Waals surface area (Å²) in [5, 5.41) is 2.16. The molecule has 1 saturated heterocycles. The minimum absolute atomic E-state index is 0.0633. The fourth-order valence-corrected chi connectivity index (χ4v) is 3.35. The number of carbonyl (C=O) groups excluding carboxylic acids is 1. The van der Waals surface area contributed by atoms with E-state index in [9.17, 15) is 4.79 Å². The minimum atomic E-state index is -0.489. The van der Waals surface area contributed by atoms with Crippen molar-refractivity contribution in [3.05, 3.63) is 55.1 Å². The van der Waals surface area contributed by atoms with Crippen molar-refractivity contribution in [2.24, 2.45) is 0 Å². The lowest BCUT2D eigenvalue weighted by atomic mass is 10.1. The zero-order valence-electron chi connectivity index (χ0n) is 14.9. The molecule has 0 aliphatic carbocycles. The molecule has 4 nitrogen and oxygen atoms in total. The van der Waals surface area contributed by atoms with Gasteiger partial charge in [0, 0.05) is 38.1 Å². The van der Waals surface area contributed by atoms with Crippen molar-refractivity contribution < 1.29 is 9.53 Å². The Balaban J connectivity index is 1.67. The van der Waals surface area contributed by atoms with Crippen LogP contribution in [0.5, 0.6) is 5.75 Å². The summed E-state index contributed by atoms with van der Waals surface area (Å²) in [5.41, 5.74) is 0. The molecule has 0 radical (unpaired) electrons. The standard InChI is InChI=1S/C21H26N2O2/c1-3-12-22-13-7-14-23(16-15-22)21(24)17(2)25-20-11-6-9-18-8-4-5-10-19(18)20/h3-6,8-11,17H,1,7,12-16H2,2H3. The van der Waals surface area contributed by atoms with Crippen LogP contribution in [0.2, 0.25) is 0 Å². The lowest BCUT2D eigenvalue weighted by molar-refractivity contribution is -0.137. The Hall–Kier alpha value is -2.33. The van der Waals surface area contributed by atoms with Gasteiger partial charge in [0.05, 0.1) is 0 Å². The molecular formula is C21H26N2O2.